The summed E-state index contributed by atoms with van der Waals surface area (Å²) in [7, 11) is -6.52. The normalized spacial score (nSPS) is 11.9. The van der Waals surface area contributed by atoms with Gasteiger partial charge in [-0.25, -0.2) is 0 Å². The molecule has 0 spiro atoms. The molecular weight excluding hydrogens is 1010 g/mol. The molecule has 5 aromatic carbocycles. The second-order valence-corrected chi connectivity index (χ2v) is 25.5. The summed E-state index contributed by atoms with van der Waals surface area (Å²) in [6.07, 6.45) is 26.2. The van der Waals surface area contributed by atoms with Crippen LogP contribution in [0.1, 0.15) is 195 Å². The molecule has 0 fully saturated rings. The first-order valence-electron chi connectivity index (χ1n) is 29.5. The minimum atomic E-state index is -3.26. The number of carbonyl (C=O) groups is 2. The Morgan fingerprint density at radius 1 is 0.321 bits per heavy atom. The number of benzene rings is 5. The number of hydrogen-bond donors (Lipinski definition) is 1. The van der Waals surface area contributed by atoms with Crippen LogP contribution in [0, 0.1) is 5.41 Å². The van der Waals surface area contributed by atoms with Gasteiger partial charge < -0.3 is 27.9 Å². The van der Waals surface area contributed by atoms with Gasteiger partial charge in [0, 0.05) is 0 Å². The summed E-state index contributed by atoms with van der Waals surface area (Å²) in [6.45, 7) is 1.14. The Kier molecular flexibility index (Phi) is 32.0. The van der Waals surface area contributed by atoms with Crippen molar-refractivity contribution in [1.82, 2.24) is 0 Å². The van der Waals surface area contributed by atoms with Crippen LogP contribution in [0.2, 0.25) is 0 Å². The number of aliphatic carboxylic acids is 1. The van der Waals surface area contributed by atoms with Crippen LogP contribution in [0.5, 0.6) is 0 Å². The lowest BCUT2D eigenvalue weighted by Gasteiger charge is -2.27. The second-order valence-electron chi connectivity index (χ2n) is 21.1. The van der Waals surface area contributed by atoms with Crippen LogP contribution in [0.3, 0.4) is 0 Å². The van der Waals surface area contributed by atoms with Crippen molar-refractivity contribution < 1.29 is 46.7 Å². The van der Waals surface area contributed by atoms with Gasteiger partial charge in [-0.05, 0) is 53.5 Å². The van der Waals surface area contributed by atoms with Crippen LogP contribution < -0.4 is 0 Å². The average molecular weight is 1110 g/mol. The van der Waals surface area contributed by atoms with Crippen LogP contribution in [0.25, 0.3) is 0 Å². The van der Waals surface area contributed by atoms with Gasteiger partial charge in [0.05, 0.1) is 38.8 Å². The molecule has 5 aromatic rings. The van der Waals surface area contributed by atoms with E-state index in [1.165, 1.54) is 38.5 Å². The van der Waals surface area contributed by atoms with E-state index in [2.05, 4.69) is 0 Å². The molecule has 0 radical (unpaired) electrons. The molecule has 0 saturated heterocycles. The summed E-state index contributed by atoms with van der Waals surface area (Å²) in [5.41, 5.74) is 3.22. The molecule has 5 rings (SSSR count). The van der Waals surface area contributed by atoms with Crippen LogP contribution in [-0.2, 0) is 74.6 Å². The standard InChI is InChI=1S/C66H92O10P2/c67-64(68)66(65(69)72-54-59-40-26-21-27-41-59,50-36-17-13-9-5-1-3-7-11-15-19-38-52-77(70,73-55-60-42-28-22-29-43-60)74-56-61-44-30-23-31-45-61)51-37-18-14-10-6-2-4-8-12-16-20-39-53-78(71,75-57-62-46-32-24-33-47-62)76-58-63-48-34-25-35-49-63/h21-35,40-49H,1-20,36-39,50-58H2,(H,67,68). The number of carboxylic acid groups (broad SMARTS) is 1. The van der Waals surface area contributed by atoms with Crippen molar-refractivity contribution in [2.75, 3.05) is 12.3 Å². The van der Waals surface area contributed by atoms with E-state index >= 15 is 0 Å². The maximum atomic E-state index is 13.7. The summed E-state index contributed by atoms with van der Waals surface area (Å²) >= 11 is 0. The monoisotopic (exact) mass is 1110 g/mol. The zero-order valence-corrected chi connectivity index (χ0v) is 48.6. The van der Waals surface area contributed by atoms with Crippen LogP contribution in [0.15, 0.2) is 152 Å². The van der Waals surface area contributed by atoms with Crippen molar-refractivity contribution in [3.63, 3.8) is 0 Å². The number of carboxylic acids is 1. The Bertz CT molecular complexity index is 2180. The van der Waals surface area contributed by atoms with E-state index < -0.39 is 32.5 Å². The summed E-state index contributed by atoms with van der Waals surface area (Å²) in [5, 5.41) is 10.6. The van der Waals surface area contributed by atoms with Gasteiger partial charge >= 0.3 is 27.1 Å². The minimum absolute atomic E-state index is 0.0709. The van der Waals surface area contributed by atoms with E-state index in [0.29, 0.717) is 38.0 Å². The van der Waals surface area contributed by atoms with E-state index in [4.69, 9.17) is 22.8 Å². The fraction of sp³-hybridized carbons (Fsp3) is 0.515. The number of carbonyl (C=O) groups excluding carboxylic acids is 1. The van der Waals surface area contributed by atoms with E-state index in [1.807, 2.05) is 152 Å². The van der Waals surface area contributed by atoms with Gasteiger partial charge in [0.1, 0.15) is 6.61 Å². The molecule has 0 atom stereocenters. The largest absolute Gasteiger partial charge is 0.480 e. The molecule has 0 saturated carbocycles. The zero-order chi connectivity index (χ0) is 55.1. The maximum absolute atomic E-state index is 13.7. The molecule has 0 aliphatic heterocycles. The number of ether oxygens (including phenoxy) is 1. The fourth-order valence-corrected chi connectivity index (χ4v) is 13.1. The van der Waals surface area contributed by atoms with Crippen LogP contribution >= 0.6 is 15.2 Å². The topological polar surface area (TPSA) is 135 Å². The van der Waals surface area contributed by atoms with Crippen molar-refractivity contribution >= 4 is 27.1 Å². The quantitative estimate of drug-likeness (QED) is 0.0174. The molecule has 0 aromatic heterocycles. The van der Waals surface area contributed by atoms with E-state index in [0.717, 1.165) is 131 Å². The van der Waals surface area contributed by atoms with Gasteiger partial charge in [-0.2, -0.15) is 0 Å². The van der Waals surface area contributed by atoms with Crippen molar-refractivity contribution in [1.29, 1.82) is 0 Å². The molecule has 10 nitrogen and oxygen atoms in total. The van der Waals surface area contributed by atoms with Crippen LogP contribution in [-0.4, -0.2) is 29.4 Å². The highest BCUT2D eigenvalue weighted by molar-refractivity contribution is 7.54. The summed E-state index contributed by atoms with van der Waals surface area (Å²) < 4.78 is 57.1. The van der Waals surface area contributed by atoms with Crippen molar-refractivity contribution in [3.05, 3.63) is 179 Å². The number of hydrogen-bond acceptors (Lipinski definition) is 9. The summed E-state index contributed by atoms with van der Waals surface area (Å²) in [5.74, 6) is -1.67. The maximum Gasteiger partial charge on any atom is 0.331 e. The molecule has 0 aliphatic rings. The lowest BCUT2D eigenvalue weighted by Crippen LogP contribution is -2.41. The highest BCUT2D eigenvalue weighted by atomic mass is 31.2. The Morgan fingerprint density at radius 2 is 0.538 bits per heavy atom. The average Bonchev–Trinajstić information content (AvgIpc) is 3.47. The van der Waals surface area contributed by atoms with Crippen molar-refractivity contribution in [3.8, 4) is 0 Å². The smallest absolute Gasteiger partial charge is 0.331 e. The van der Waals surface area contributed by atoms with E-state index in [9.17, 15) is 23.8 Å². The minimum Gasteiger partial charge on any atom is -0.480 e. The summed E-state index contributed by atoms with van der Waals surface area (Å²) in [4.78, 5) is 26.7. The van der Waals surface area contributed by atoms with Gasteiger partial charge in [0.15, 0.2) is 5.41 Å². The molecule has 0 unspecified atom stereocenters. The van der Waals surface area contributed by atoms with Gasteiger partial charge in [-0.1, -0.05) is 293 Å². The third kappa shape index (κ3) is 27.0. The molecule has 12 heteroatoms. The molecular formula is C66H92O10P2. The molecule has 78 heavy (non-hydrogen) atoms. The number of rotatable bonds is 46. The molecule has 0 heterocycles. The highest BCUT2D eigenvalue weighted by Gasteiger charge is 2.46. The third-order valence-electron chi connectivity index (χ3n) is 14.7. The van der Waals surface area contributed by atoms with E-state index in [1.54, 1.807) is 0 Å². The Hall–Kier alpha value is -4.66. The predicted molar refractivity (Wildman–Crippen MR) is 316 cm³/mol. The van der Waals surface area contributed by atoms with Gasteiger partial charge in [-0.3, -0.25) is 18.7 Å². The predicted octanol–water partition coefficient (Wildman–Crippen LogP) is 19.2. The summed E-state index contributed by atoms with van der Waals surface area (Å²) in [6, 6.07) is 48.7. The number of unbranched alkanes of at least 4 members (excludes halogenated alkanes) is 22. The highest BCUT2D eigenvalue weighted by Crippen LogP contribution is 2.51. The molecule has 1 N–H and O–H groups in total. The Balaban J connectivity index is 0.907. The first kappa shape index (κ1) is 64.2. The molecule has 0 amide bonds. The van der Waals surface area contributed by atoms with Crippen LogP contribution in [0.4, 0.5) is 0 Å². The Labute approximate surface area is 468 Å². The third-order valence-corrected chi connectivity index (χ3v) is 18.5. The second kappa shape index (κ2) is 38.9. The number of esters is 1. The molecule has 0 bridgehead atoms. The van der Waals surface area contributed by atoms with Gasteiger partial charge in [-0.15, -0.1) is 0 Å². The first-order valence-corrected chi connectivity index (χ1v) is 33.0. The molecule has 0 aliphatic carbocycles. The lowest BCUT2D eigenvalue weighted by molar-refractivity contribution is -0.171. The first-order chi connectivity index (χ1) is 38.2. The molecule has 426 valence electrons. The SMILES string of the molecule is O=C(O)C(CCCCCCCCCCCCCCP(=O)(OCc1ccccc1)OCc1ccccc1)(CCCCCCCCCCCCCCP(=O)(OCc1ccccc1)OCc1ccccc1)C(=O)OCc1ccccc1. The lowest BCUT2D eigenvalue weighted by atomic mass is 9.77. The van der Waals surface area contributed by atoms with E-state index in [-0.39, 0.29) is 33.0 Å². The zero-order valence-electron chi connectivity index (χ0n) is 46.8. The van der Waals surface area contributed by atoms with Crippen molar-refractivity contribution in [2.24, 2.45) is 5.41 Å². The fourth-order valence-electron chi connectivity index (χ4n) is 9.81. The van der Waals surface area contributed by atoms with Gasteiger partial charge in [0.25, 0.3) is 0 Å². The van der Waals surface area contributed by atoms with Crippen molar-refractivity contribution in [2.45, 2.75) is 200 Å². The van der Waals surface area contributed by atoms with Gasteiger partial charge in [0.2, 0.25) is 0 Å². The Morgan fingerprint density at radius 3 is 0.782 bits per heavy atom.